The lowest BCUT2D eigenvalue weighted by atomic mass is 10.1. The van der Waals surface area contributed by atoms with E-state index in [0.29, 0.717) is 24.0 Å². The molecule has 0 fully saturated rings. The highest BCUT2D eigenvalue weighted by Crippen LogP contribution is 2.02. The Balaban J connectivity index is 4.27. The van der Waals surface area contributed by atoms with Gasteiger partial charge in [0.15, 0.2) is 11.5 Å². The average Bonchev–Trinajstić information content (AvgIpc) is 2.21. The highest BCUT2D eigenvalue weighted by atomic mass is 16.5. The highest BCUT2D eigenvalue weighted by molar-refractivity contribution is 6.38. The van der Waals surface area contributed by atoms with Crippen molar-refractivity contribution in [2.75, 3.05) is 6.61 Å². The van der Waals surface area contributed by atoms with E-state index >= 15 is 0 Å². The van der Waals surface area contributed by atoms with Crippen molar-refractivity contribution in [3.63, 3.8) is 0 Å². The SMILES string of the molecule is CC(=O)C(C)=N/C=C(\C=N)OCCC(C)C. The van der Waals surface area contributed by atoms with E-state index in [0.717, 1.165) is 12.6 Å². The minimum absolute atomic E-state index is 0.0808. The van der Waals surface area contributed by atoms with Crippen molar-refractivity contribution in [3.8, 4) is 0 Å². The second-order valence-electron chi connectivity index (χ2n) is 3.98. The maximum atomic E-state index is 10.9. The van der Waals surface area contributed by atoms with Crippen molar-refractivity contribution in [2.24, 2.45) is 10.9 Å². The number of hydrogen-bond acceptors (Lipinski definition) is 4. The normalized spacial score (nSPS) is 12.8. The minimum Gasteiger partial charge on any atom is -0.490 e. The molecule has 0 aliphatic heterocycles. The molecule has 0 aromatic heterocycles. The van der Waals surface area contributed by atoms with Crippen molar-refractivity contribution in [1.82, 2.24) is 0 Å². The molecule has 0 saturated heterocycles. The lowest BCUT2D eigenvalue weighted by Crippen LogP contribution is -2.04. The summed E-state index contributed by atoms with van der Waals surface area (Å²) in [6.07, 6.45) is 3.43. The van der Waals surface area contributed by atoms with Gasteiger partial charge in [0.25, 0.3) is 0 Å². The number of carbonyl (C=O) groups is 1. The predicted molar refractivity (Wildman–Crippen MR) is 66.1 cm³/mol. The average molecular weight is 224 g/mol. The Morgan fingerprint density at radius 3 is 2.50 bits per heavy atom. The fraction of sp³-hybridized carbons (Fsp3) is 0.583. The van der Waals surface area contributed by atoms with Crippen LogP contribution >= 0.6 is 0 Å². The molecule has 0 amide bonds. The van der Waals surface area contributed by atoms with Crippen LogP contribution in [0.2, 0.25) is 0 Å². The number of carbonyl (C=O) groups excluding carboxylic acids is 1. The van der Waals surface area contributed by atoms with Gasteiger partial charge < -0.3 is 10.1 Å². The van der Waals surface area contributed by atoms with Crippen LogP contribution in [0.1, 0.15) is 34.1 Å². The van der Waals surface area contributed by atoms with E-state index in [4.69, 9.17) is 10.1 Å². The molecule has 0 radical (unpaired) electrons. The van der Waals surface area contributed by atoms with Crippen LogP contribution in [-0.4, -0.2) is 24.3 Å². The van der Waals surface area contributed by atoms with Gasteiger partial charge in [-0.1, -0.05) is 13.8 Å². The van der Waals surface area contributed by atoms with Crippen LogP contribution in [0, 0.1) is 11.3 Å². The molecule has 0 aliphatic rings. The first-order valence-electron chi connectivity index (χ1n) is 5.36. The van der Waals surface area contributed by atoms with Gasteiger partial charge in [0.2, 0.25) is 0 Å². The van der Waals surface area contributed by atoms with Crippen LogP contribution in [0.25, 0.3) is 0 Å². The van der Waals surface area contributed by atoms with Crippen molar-refractivity contribution in [1.29, 1.82) is 5.41 Å². The number of Topliss-reactive ketones (excluding diaryl/α,β-unsaturated/α-hetero) is 1. The van der Waals surface area contributed by atoms with Gasteiger partial charge in [-0.15, -0.1) is 0 Å². The van der Waals surface area contributed by atoms with E-state index in [1.54, 1.807) is 6.92 Å². The zero-order chi connectivity index (χ0) is 12.6. The molecule has 0 bridgehead atoms. The first-order valence-corrected chi connectivity index (χ1v) is 5.36. The molecule has 0 saturated carbocycles. The molecule has 0 unspecified atom stereocenters. The minimum atomic E-state index is -0.0808. The summed E-state index contributed by atoms with van der Waals surface area (Å²) < 4.78 is 5.33. The van der Waals surface area contributed by atoms with Gasteiger partial charge in [-0.2, -0.15) is 0 Å². The van der Waals surface area contributed by atoms with Crippen LogP contribution in [0.5, 0.6) is 0 Å². The van der Waals surface area contributed by atoms with Crippen molar-refractivity contribution >= 4 is 17.7 Å². The van der Waals surface area contributed by atoms with Crippen LogP contribution < -0.4 is 0 Å². The van der Waals surface area contributed by atoms with Crippen LogP contribution in [0.4, 0.5) is 0 Å². The Labute approximate surface area is 96.9 Å². The number of rotatable bonds is 7. The van der Waals surface area contributed by atoms with Gasteiger partial charge >= 0.3 is 0 Å². The summed E-state index contributed by atoms with van der Waals surface area (Å²) in [7, 11) is 0. The Morgan fingerprint density at radius 1 is 1.44 bits per heavy atom. The van der Waals surface area contributed by atoms with Crippen molar-refractivity contribution < 1.29 is 9.53 Å². The highest BCUT2D eigenvalue weighted by Gasteiger charge is 1.98. The van der Waals surface area contributed by atoms with E-state index in [9.17, 15) is 4.79 Å². The third kappa shape index (κ3) is 6.92. The topological polar surface area (TPSA) is 62.5 Å². The van der Waals surface area contributed by atoms with Crippen molar-refractivity contribution in [3.05, 3.63) is 12.0 Å². The van der Waals surface area contributed by atoms with Gasteiger partial charge in [0, 0.05) is 6.92 Å². The molecule has 1 N–H and O–H groups in total. The summed E-state index contributed by atoms with van der Waals surface area (Å²) in [4.78, 5) is 14.8. The zero-order valence-electron chi connectivity index (χ0n) is 10.4. The maximum absolute atomic E-state index is 10.9. The molecule has 0 rings (SSSR count). The lowest BCUT2D eigenvalue weighted by molar-refractivity contribution is -0.111. The Bertz CT molecular complexity index is 304. The Morgan fingerprint density at radius 2 is 2.06 bits per heavy atom. The van der Waals surface area contributed by atoms with Crippen LogP contribution in [-0.2, 0) is 9.53 Å². The molecule has 90 valence electrons. The molecule has 4 nitrogen and oxygen atoms in total. The number of ketones is 1. The van der Waals surface area contributed by atoms with E-state index in [1.807, 2.05) is 0 Å². The molecule has 0 spiro atoms. The molecule has 0 aliphatic carbocycles. The molecule has 0 atom stereocenters. The number of aliphatic imine (C=N–C) groups is 1. The summed E-state index contributed by atoms with van der Waals surface area (Å²) in [5, 5.41) is 7.12. The number of ether oxygens (including phenoxy) is 1. The lowest BCUT2D eigenvalue weighted by Gasteiger charge is -2.07. The zero-order valence-corrected chi connectivity index (χ0v) is 10.4. The first kappa shape index (κ1) is 14.6. The molecule has 0 aromatic rings. The third-order valence-corrected chi connectivity index (χ3v) is 2.00. The van der Waals surface area contributed by atoms with E-state index in [1.165, 1.54) is 13.1 Å². The van der Waals surface area contributed by atoms with Crippen molar-refractivity contribution in [2.45, 2.75) is 34.1 Å². The predicted octanol–water partition coefficient (Wildman–Crippen LogP) is 2.59. The number of hydrogen-bond donors (Lipinski definition) is 1. The van der Waals surface area contributed by atoms with Gasteiger partial charge in [0.05, 0.1) is 24.7 Å². The van der Waals surface area contributed by atoms with Gasteiger partial charge in [-0.05, 0) is 19.3 Å². The summed E-state index contributed by atoms with van der Waals surface area (Å²) in [6.45, 7) is 7.86. The number of allylic oxidation sites excluding steroid dienone is 1. The first-order chi connectivity index (χ1) is 7.47. The fourth-order valence-corrected chi connectivity index (χ4v) is 0.780. The van der Waals surface area contributed by atoms with Gasteiger partial charge in [-0.25, -0.2) is 0 Å². The molecule has 4 heteroatoms. The van der Waals surface area contributed by atoms with Crippen LogP contribution in [0.3, 0.4) is 0 Å². The number of nitrogens with one attached hydrogen (secondary N) is 1. The standard InChI is InChI=1S/C12H20N2O2/c1-9(2)5-6-16-12(7-13)8-14-10(3)11(4)15/h7-9,13H,5-6H2,1-4H3/b12-8+,13-7?,14-10?. The second kappa shape index (κ2) is 7.79. The maximum Gasteiger partial charge on any atom is 0.173 e. The summed E-state index contributed by atoms with van der Waals surface area (Å²) in [5.41, 5.74) is 0.409. The molecular weight excluding hydrogens is 204 g/mol. The Kier molecular flexibility index (Phi) is 7.09. The van der Waals surface area contributed by atoms with E-state index < -0.39 is 0 Å². The summed E-state index contributed by atoms with van der Waals surface area (Å²) >= 11 is 0. The summed E-state index contributed by atoms with van der Waals surface area (Å²) in [6, 6.07) is 0. The molecule has 0 aromatic carbocycles. The monoisotopic (exact) mass is 224 g/mol. The van der Waals surface area contributed by atoms with E-state index in [2.05, 4.69) is 18.8 Å². The summed E-state index contributed by atoms with van der Waals surface area (Å²) in [5.74, 6) is 0.860. The largest absolute Gasteiger partial charge is 0.490 e. The third-order valence-electron chi connectivity index (χ3n) is 2.00. The van der Waals surface area contributed by atoms with E-state index in [-0.39, 0.29) is 5.78 Å². The fourth-order valence-electron chi connectivity index (χ4n) is 0.780. The number of nitrogens with zero attached hydrogens (tertiary/aromatic N) is 1. The van der Waals surface area contributed by atoms with Gasteiger partial charge in [-0.3, -0.25) is 9.79 Å². The smallest absolute Gasteiger partial charge is 0.173 e. The quantitative estimate of drug-likeness (QED) is 0.533. The molecular formula is C12H20N2O2. The van der Waals surface area contributed by atoms with Crippen LogP contribution in [0.15, 0.2) is 17.0 Å². The molecule has 0 heterocycles. The molecule has 16 heavy (non-hydrogen) atoms. The Hall–Kier alpha value is -1.45. The van der Waals surface area contributed by atoms with Gasteiger partial charge in [0.1, 0.15) is 0 Å². The second-order valence-corrected chi connectivity index (χ2v) is 3.98.